The minimum Gasteiger partial charge on any atom is -0.397 e. The van der Waals surface area contributed by atoms with Gasteiger partial charge in [0.2, 0.25) is 0 Å². The number of nitrogen functional groups attached to an aromatic ring is 1. The Bertz CT molecular complexity index is 769. The van der Waals surface area contributed by atoms with Crippen LogP contribution in [0.4, 0.5) is 18.9 Å². The highest BCUT2D eigenvalue weighted by Crippen LogP contribution is 2.32. The van der Waals surface area contributed by atoms with Gasteiger partial charge in [0.1, 0.15) is 0 Å². The van der Waals surface area contributed by atoms with Crippen molar-refractivity contribution in [1.82, 2.24) is 4.98 Å². The van der Waals surface area contributed by atoms with Gasteiger partial charge in [-0.15, -0.1) is 0 Å². The zero-order valence-electron chi connectivity index (χ0n) is 10.8. The van der Waals surface area contributed by atoms with Crippen molar-refractivity contribution in [3.8, 4) is 11.3 Å². The zero-order chi connectivity index (χ0) is 15.8. The third-order valence-electron chi connectivity index (χ3n) is 2.83. The summed E-state index contributed by atoms with van der Waals surface area (Å²) in [5.74, 6) is 0. The van der Waals surface area contributed by atoms with E-state index in [0.717, 1.165) is 18.4 Å². The molecule has 1 aromatic carbocycles. The highest BCUT2D eigenvalue weighted by molar-refractivity contribution is 7.90. The summed E-state index contributed by atoms with van der Waals surface area (Å²) in [6.07, 6.45) is -2.80. The van der Waals surface area contributed by atoms with E-state index in [1.54, 1.807) is 0 Å². The smallest absolute Gasteiger partial charge is 0.397 e. The number of halogens is 3. The first kappa shape index (κ1) is 15.3. The molecular weight excluding hydrogens is 305 g/mol. The van der Waals surface area contributed by atoms with Gasteiger partial charge in [0, 0.05) is 18.0 Å². The number of alkyl halides is 3. The van der Waals surface area contributed by atoms with Crippen LogP contribution in [0.25, 0.3) is 11.3 Å². The molecule has 0 bridgehead atoms. The first-order valence-electron chi connectivity index (χ1n) is 5.73. The van der Waals surface area contributed by atoms with Crippen LogP contribution in [0.2, 0.25) is 0 Å². The second-order valence-corrected chi connectivity index (χ2v) is 6.40. The first-order chi connectivity index (χ1) is 9.60. The molecule has 0 radical (unpaired) electrons. The van der Waals surface area contributed by atoms with Crippen molar-refractivity contribution in [2.24, 2.45) is 0 Å². The quantitative estimate of drug-likeness (QED) is 0.865. The van der Waals surface area contributed by atoms with Gasteiger partial charge < -0.3 is 5.73 Å². The van der Waals surface area contributed by atoms with E-state index >= 15 is 0 Å². The molecule has 0 atom stereocenters. The average Bonchev–Trinajstić information content (AvgIpc) is 2.37. The van der Waals surface area contributed by atoms with Gasteiger partial charge in [-0.05, 0) is 18.2 Å². The topological polar surface area (TPSA) is 73.0 Å². The van der Waals surface area contributed by atoms with E-state index in [0.29, 0.717) is 6.20 Å². The molecular formula is C13H11F3N2O2S. The van der Waals surface area contributed by atoms with Crippen molar-refractivity contribution in [3.05, 3.63) is 42.1 Å². The van der Waals surface area contributed by atoms with Crippen LogP contribution >= 0.6 is 0 Å². The molecule has 0 aliphatic carbocycles. The molecule has 8 heteroatoms. The summed E-state index contributed by atoms with van der Waals surface area (Å²) >= 11 is 0. The molecule has 0 saturated carbocycles. The normalized spacial score (nSPS) is 12.4. The predicted molar refractivity (Wildman–Crippen MR) is 72.2 cm³/mol. The maximum Gasteiger partial charge on any atom is 0.417 e. The summed E-state index contributed by atoms with van der Waals surface area (Å²) in [5.41, 5.74) is 5.31. The molecule has 21 heavy (non-hydrogen) atoms. The number of hydrogen-bond donors (Lipinski definition) is 1. The Morgan fingerprint density at radius 1 is 1.14 bits per heavy atom. The number of nitrogens with zero attached hydrogens (tertiary/aromatic N) is 1. The van der Waals surface area contributed by atoms with Gasteiger partial charge in [0.25, 0.3) is 0 Å². The molecule has 0 aliphatic rings. The summed E-state index contributed by atoms with van der Waals surface area (Å²) in [6.45, 7) is 0. The maximum atomic E-state index is 12.5. The monoisotopic (exact) mass is 316 g/mol. The van der Waals surface area contributed by atoms with Crippen molar-refractivity contribution in [2.45, 2.75) is 11.1 Å². The van der Waals surface area contributed by atoms with Crippen molar-refractivity contribution in [1.29, 1.82) is 0 Å². The molecule has 0 unspecified atom stereocenters. The fourth-order valence-corrected chi connectivity index (χ4v) is 2.65. The van der Waals surface area contributed by atoms with Gasteiger partial charge in [-0.2, -0.15) is 13.2 Å². The van der Waals surface area contributed by atoms with E-state index in [1.807, 2.05) is 0 Å². The fourth-order valence-electron chi connectivity index (χ4n) is 1.81. The number of sulfone groups is 1. The lowest BCUT2D eigenvalue weighted by molar-refractivity contribution is -0.137. The van der Waals surface area contributed by atoms with Gasteiger partial charge >= 0.3 is 6.18 Å². The number of aromatic nitrogens is 1. The Balaban J connectivity index is 2.53. The lowest BCUT2D eigenvalue weighted by Gasteiger charge is -2.10. The number of nitrogens with two attached hydrogens (primary N) is 1. The van der Waals surface area contributed by atoms with Gasteiger partial charge in [-0.1, -0.05) is 12.1 Å². The Hall–Kier alpha value is -2.09. The summed E-state index contributed by atoms with van der Waals surface area (Å²) in [7, 11) is -3.53. The molecule has 0 fully saturated rings. The molecule has 0 spiro atoms. The minimum atomic E-state index is -4.48. The van der Waals surface area contributed by atoms with Crippen molar-refractivity contribution in [2.75, 3.05) is 12.0 Å². The summed E-state index contributed by atoms with van der Waals surface area (Å²) < 4.78 is 60.6. The lowest BCUT2D eigenvalue weighted by Crippen LogP contribution is -2.06. The molecule has 0 amide bonds. The number of anilines is 1. The predicted octanol–water partition coefficient (Wildman–Crippen LogP) is 2.75. The molecule has 1 aromatic heterocycles. The first-order valence-corrected chi connectivity index (χ1v) is 7.62. The molecule has 2 N–H and O–H groups in total. The van der Waals surface area contributed by atoms with Crippen molar-refractivity contribution < 1.29 is 21.6 Å². The van der Waals surface area contributed by atoms with Crippen molar-refractivity contribution in [3.63, 3.8) is 0 Å². The van der Waals surface area contributed by atoms with Crippen LogP contribution in [0.1, 0.15) is 5.56 Å². The molecule has 112 valence electrons. The van der Waals surface area contributed by atoms with Gasteiger partial charge in [-0.3, -0.25) is 4.98 Å². The van der Waals surface area contributed by atoms with Crippen LogP contribution in [-0.4, -0.2) is 19.7 Å². The minimum absolute atomic E-state index is 0.0349. The largest absolute Gasteiger partial charge is 0.417 e. The second kappa shape index (κ2) is 5.03. The Morgan fingerprint density at radius 3 is 2.29 bits per heavy atom. The molecule has 0 saturated heterocycles. The van der Waals surface area contributed by atoms with Crippen molar-refractivity contribution >= 4 is 15.5 Å². The molecule has 1 heterocycles. The zero-order valence-corrected chi connectivity index (χ0v) is 11.7. The summed E-state index contributed by atoms with van der Waals surface area (Å²) in [6, 6.07) is 6.31. The Labute approximate surface area is 119 Å². The van der Waals surface area contributed by atoms with Crippen LogP contribution in [0.3, 0.4) is 0 Å². The highest BCUT2D eigenvalue weighted by Gasteiger charge is 2.30. The van der Waals surface area contributed by atoms with E-state index in [9.17, 15) is 21.6 Å². The molecule has 4 nitrogen and oxygen atoms in total. The van der Waals surface area contributed by atoms with Crippen LogP contribution in [0.15, 0.2) is 41.4 Å². The van der Waals surface area contributed by atoms with E-state index in [4.69, 9.17) is 5.73 Å². The van der Waals surface area contributed by atoms with E-state index in [2.05, 4.69) is 4.98 Å². The highest BCUT2D eigenvalue weighted by atomic mass is 32.2. The average molecular weight is 316 g/mol. The van der Waals surface area contributed by atoms with Crippen LogP contribution < -0.4 is 5.73 Å². The van der Waals surface area contributed by atoms with E-state index < -0.39 is 21.6 Å². The number of benzene rings is 1. The van der Waals surface area contributed by atoms with Gasteiger partial charge in [-0.25, -0.2) is 8.42 Å². The molecule has 0 aliphatic heterocycles. The summed E-state index contributed by atoms with van der Waals surface area (Å²) in [5, 5.41) is 0. The van der Waals surface area contributed by atoms with E-state index in [1.165, 1.54) is 18.2 Å². The SMILES string of the molecule is CS(=O)(=O)c1cccc(-c2ccc(C(F)(F)F)cn2)c1N. The van der Waals surface area contributed by atoms with Crippen LogP contribution in [-0.2, 0) is 16.0 Å². The lowest BCUT2D eigenvalue weighted by atomic mass is 10.1. The standard InChI is InChI=1S/C13H11F3N2O2S/c1-21(19,20)11-4-2-3-9(12(11)17)10-6-5-8(7-18-10)13(14,15)16/h2-7H,17H2,1H3. The number of hydrogen-bond acceptors (Lipinski definition) is 4. The Kier molecular flexibility index (Phi) is 3.66. The fraction of sp³-hybridized carbons (Fsp3) is 0.154. The molecule has 2 aromatic rings. The number of pyridine rings is 1. The van der Waals surface area contributed by atoms with Gasteiger partial charge in [0.05, 0.1) is 21.8 Å². The second-order valence-electron chi connectivity index (χ2n) is 4.42. The van der Waals surface area contributed by atoms with Gasteiger partial charge in [0.15, 0.2) is 9.84 Å². The van der Waals surface area contributed by atoms with Crippen LogP contribution in [0.5, 0.6) is 0 Å². The maximum absolute atomic E-state index is 12.5. The summed E-state index contributed by atoms with van der Waals surface area (Å²) in [4.78, 5) is 3.62. The third kappa shape index (κ3) is 3.15. The van der Waals surface area contributed by atoms with E-state index in [-0.39, 0.29) is 21.8 Å². The third-order valence-corrected chi connectivity index (χ3v) is 3.99. The Morgan fingerprint density at radius 2 is 1.81 bits per heavy atom. The molecule has 2 rings (SSSR count). The number of para-hydroxylation sites is 1. The van der Waals surface area contributed by atoms with Crippen LogP contribution in [0, 0.1) is 0 Å². The number of rotatable bonds is 2.